The zero-order valence-electron chi connectivity index (χ0n) is 13.8. The second-order valence-electron chi connectivity index (χ2n) is 5.92. The number of halogens is 1. The van der Waals surface area contributed by atoms with Crippen LogP contribution < -0.4 is 14.4 Å². The number of fused-ring (bicyclic) bond motifs is 1. The Morgan fingerprint density at radius 3 is 2.67 bits per heavy atom. The topological polar surface area (TPSA) is 58.6 Å². The van der Waals surface area contributed by atoms with E-state index in [2.05, 4.69) is 9.62 Å². The molecular formula is C17H19ClN2O3S. The van der Waals surface area contributed by atoms with Crippen LogP contribution in [-0.2, 0) is 10.0 Å². The molecule has 1 aliphatic rings. The van der Waals surface area contributed by atoms with Crippen molar-refractivity contribution in [1.29, 1.82) is 0 Å². The number of nitrogens with one attached hydrogen (secondary N) is 1. The third-order valence-electron chi connectivity index (χ3n) is 4.09. The fraction of sp³-hybridized carbons (Fsp3) is 0.294. The van der Waals surface area contributed by atoms with Crippen molar-refractivity contribution in [3.05, 3.63) is 46.5 Å². The number of sulfonamides is 1. The summed E-state index contributed by atoms with van der Waals surface area (Å²) >= 11 is 5.97. The predicted octanol–water partition coefficient (Wildman–Crippen LogP) is 3.59. The SMILES string of the molecule is Cc1ccc(Cl)cc1NS(=O)(=O)c1cc2c(cc1C)N(C)CCO2. The number of anilines is 2. The number of ether oxygens (including phenoxy) is 1. The van der Waals surface area contributed by atoms with Crippen LogP contribution in [0.25, 0.3) is 0 Å². The van der Waals surface area contributed by atoms with Gasteiger partial charge in [0.25, 0.3) is 10.0 Å². The van der Waals surface area contributed by atoms with Gasteiger partial charge in [-0.1, -0.05) is 17.7 Å². The summed E-state index contributed by atoms with van der Waals surface area (Å²) in [5.74, 6) is 0.581. The van der Waals surface area contributed by atoms with Crippen LogP contribution in [0.5, 0.6) is 5.75 Å². The summed E-state index contributed by atoms with van der Waals surface area (Å²) in [5.41, 5.74) is 2.84. The average molecular weight is 367 g/mol. The van der Waals surface area contributed by atoms with Gasteiger partial charge in [-0.05, 0) is 43.2 Å². The van der Waals surface area contributed by atoms with Gasteiger partial charge in [-0.2, -0.15) is 0 Å². The first-order valence-electron chi connectivity index (χ1n) is 7.55. The fourth-order valence-electron chi connectivity index (χ4n) is 2.67. The first kappa shape index (κ1) is 16.9. The molecule has 0 atom stereocenters. The van der Waals surface area contributed by atoms with E-state index in [0.29, 0.717) is 28.6 Å². The van der Waals surface area contributed by atoms with Gasteiger partial charge >= 0.3 is 0 Å². The number of benzene rings is 2. The highest BCUT2D eigenvalue weighted by atomic mass is 35.5. The van der Waals surface area contributed by atoms with Crippen molar-refractivity contribution in [2.75, 3.05) is 29.8 Å². The van der Waals surface area contributed by atoms with Crippen molar-refractivity contribution >= 4 is 33.0 Å². The first-order chi connectivity index (χ1) is 11.3. The molecule has 7 heteroatoms. The van der Waals surface area contributed by atoms with Crippen molar-refractivity contribution < 1.29 is 13.2 Å². The van der Waals surface area contributed by atoms with Crippen molar-refractivity contribution in [1.82, 2.24) is 0 Å². The molecule has 0 unspecified atom stereocenters. The van der Waals surface area contributed by atoms with Gasteiger partial charge in [0.1, 0.15) is 12.4 Å². The van der Waals surface area contributed by atoms with Gasteiger partial charge in [-0.25, -0.2) is 8.42 Å². The highest BCUT2D eigenvalue weighted by Gasteiger charge is 2.23. The van der Waals surface area contributed by atoms with E-state index in [1.165, 1.54) is 0 Å². The Kier molecular flexibility index (Phi) is 4.36. The standard InChI is InChI=1S/C17H19ClN2O3S/c1-11-4-5-13(18)9-14(11)19-24(21,22)17-10-16-15(8-12(17)2)20(3)6-7-23-16/h4-5,8-10,19H,6-7H2,1-3H3. The molecule has 0 bridgehead atoms. The molecule has 2 aromatic rings. The van der Waals surface area contributed by atoms with Crippen molar-refractivity contribution in [2.45, 2.75) is 18.7 Å². The van der Waals surface area contributed by atoms with E-state index >= 15 is 0 Å². The normalized spacial score (nSPS) is 14.1. The predicted molar refractivity (Wildman–Crippen MR) is 96.9 cm³/mol. The van der Waals surface area contributed by atoms with Crippen LogP contribution in [0, 0.1) is 13.8 Å². The zero-order chi connectivity index (χ0) is 17.5. The molecule has 2 aromatic carbocycles. The van der Waals surface area contributed by atoms with E-state index in [-0.39, 0.29) is 4.90 Å². The van der Waals surface area contributed by atoms with Crippen LogP contribution in [0.2, 0.25) is 5.02 Å². The van der Waals surface area contributed by atoms with Gasteiger partial charge in [0.15, 0.2) is 0 Å². The Labute approximate surface area is 147 Å². The average Bonchev–Trinajstić information content (AvgIpc) is 2.51. The lowest BCUT2D eigenvalue weighted by atomic mass is 10.1. The smallest absolute Gasteiger partial charge is 0.262 e. The van der Waals surface area contributed by atoms with Crippen molar-refractivity contribution in [3.63, 3.8) is 0 Å². The Morgan fingerprint density at radius 1 is 1.17 bits per heavy atom. The zero-order valence-corrected chi connectivity index (χ0v) is 15.3. The van der Waals surface area contributed by atoms with Crippen LogP contribution in [0.4, 0.5) is 11.4 Å². The van der Waals surface area contributed by atoms with Crippen LogP contribution >= 0.6 is 11.6 Å². The molecule has 0 aliphatic carbocycles. The van der Waals surface area contributed by atoms with Crippen LogP contribution in [0.3, 0.4) is 0 Å². The minimum atomic E-state index is -3.74. The maximum atomic E-state index is 12.8. The number of likely N-dealkylation sites (N-methyl/N-ethyl adjacent to an activating group) is 1. The highest BCUT2D eigenvalue weighted by molar-refractivity contribution is 7.92. The Morgan fingerprint density at radius 2 is 1.92 bits per heavy atom. The molecule has 0 saturated heterocycles. The molecule has 0 saturated carbocycles. The fourth-order valence-corrected chi connectivity index (χ4v) is 4.21. The van der Waals surface area contributed by atoms with Crippen LogP contribution in [-0.4, -0.2) is 28.6 Å². The molecule has 5 nitrogen and oxygen atoms in total. The first-order valence-corrected chi connectivity index (χ1v) is 9.41. The molecule has 1 aliphatic heterocycles. The molecular weight excluding hydrogens is 348 g/mol. The van der Waals surface area contributed by atoms with E-state index in [9.17, 15) is 8.42 Å². The van der Waals surface area contributed by atoms with Crippen LogP contribution in [0.1, 0.15) is 11.1 Å². The Bertz CT molecular complexity index is 897. The molecule has 0 fully saturated rings. The van der Waals surface area contributed by atoms with Gasteiger partial charge in [0.2, 0.25) is 0 Å². The largest absolute Gasteiger partial charge is 0.490 e. The number of nitrogens with zero attached hydrogens (tertiary/aromatic N) is 1. The number of hydrogen-bond acceptors (Lipinski definition) is 4. The third-order valence-corrected chi connectivity index (χ3v) is 5.83. The van der Waals surface area contributed by atoms with Gasteiger partial charge in [0.05, 0.1) is 22.8 Å². The lowest BCUT2D eigenvalue weighted by Crippen LogP contribution is -2.29. The van der Waals surface area contributed by atoms with E-state index in [0.717, 1.165) is 17.8 Å². The number of rotatable bonds is 3. The molecule has 0 radical (unpaired) electrons. The maximum absolute atomic E-state index is 12.8. The summed E-state index contributed by atoms with van der Waals surface area (Å²) in [6.07, 6.45) is 0. The van der Waals surface area contributed by atoms with Gasteiger partial charge in [0, 0.05) is 18.1 Å². The summed E-state index contributed by atoms with van der Waals surface area (Å²) in [7, 11) is -1.78. The molecule has 1 heterocycles. The van der Waals surface area contributed by atoms with E-state index in [1.54, 1.807) is 31.2 Å². The highest BCUT2D eigenvalue weighted by Crippen LogP contribution is 2.36. The minimum absolute atomic E-state index is 0.205. The molecule has 24 heavy (non-hydrogen) atoms. The molecule has 0 spiro atoms. The summed E-state index contributed by atoms with van der Waals surface area (Å²) in [6, 6.07) is 8.53. The Hall–Kier alpha value is -1.92. The minimum Gasteiger partial charge on any atom is -0.490 e. The molecule has 0 aromatic heterocycles. The summed E-state index contributed by atoms with van der Waals surface area (Å²) < 4.78 is 33.9. The summed E-state index contributed by atoms with van der Waals surface area (Å²) in [6.45, 7) is 4.92. The van der Waals surface area contributed by atoms with E-state index in [4.69, 9.17) is 16.3 Å². The third kappa shape index (κ3) is 3.16. The van der Waals surface area contributed by atoms with Crippen molar-refractivity contribution in [2.24, 2.45) is 0 Å². The van der Waals surface area contributed by atoms with Crippen LogP contribution in [0.15, 0.2) is 35.2 Å². The van der Waals surface area contributed by atoms with Gasteiger partial charge in [-0.3, -0.25) is 4.72 Å². The number of hydrogen-bond donors (Lipinski definition) is 1. The van der Waals surface area contributed by atoms with E-state index < -0.39 is 10.0 Å². The maximum Gasteiger partial charge on any atom is 0.262 e. The summed E-state index contributed by atoms with van der Waals surface area (Å²) in [4.78, 5) is 2.26. The second-order valence-corrected chi connectivity index (χ2v) is 8.01. The quantitative estimate of drug-likeness (QED) is 0.901. The van der Waals surface area contributed by atoms with Crippen molar-refractivity contribution in [3.8, 4) is 5.75 Å². The van der Waals surface area contributed by atoms with Gasteiger partial charge in [-0.15, -0.1) is 0 Å². The van der Waals surface area contributed by atoms with Gasteiger partial charge < -0.3 is 9.64 Å². The number of aryl methyl sites for hydroxylation is 2. The van der Waals surface area contributed by atoms with E-state index in [1.807, 2.05) is 20.0 Å². The second kappa shape index (κ2) is 6.18. The lowest BCUT2D eigenvalue weighted by molar-refractivity contribution is 0.310. The molecule has 1 N–H and O–H groups in total. The monoisotopic (exact) mass is 366 g/mol. The Balaban J connectivity index is 2.02. The molecule has 128 valence electrons. The lowest BCUT2D eigenvalue weighted by Gasteiger charge is -2.28. The molecule has 0 amide bonds. The molecule has 3 rings (SSSR count). The summed E-state index contributed by atoms with van der Waals surface area (Å²) in [5, 5.41) is 0.477.